The molecule has 0 aromatic heterocycles. The second-order valence-corrected chi connectivity index (χ2v) is 7.00. The number of carboxylic acids is 1. The predicted molar refractivity (Wildman–Crippen MR) is 65.6 cm³/mol. The van der Waals surface area contributed by atoms with E-state index < -0.39 is 14.8 Å². The third-order valence-electron chi connectivity index (χ3n) is 3.06. The molecule has 102 valence electrons. The Morgan fingerprint density at radius 1 is 1.29 bits per heavy atom. The summed E-state index contributed by atoms with van der Waals surface area (Å²) in [7, 11) is 1.73. The van der Waals surface area contributed by atoms with E-state index >= 15 is 0 Å². The molecule has 6 nitrogen and oxygen atoms in total. The minimum atomic E-state index is -2.84. The van der Waals surface area contributed by atoms with Gasteiger partial charge in [0, 0.05) is 33.3 Å². The Hall–Kier alpha value is -0.473. The third-order valence-corrected chi connectivity index (χ3v) is 6.55. The molecule has 0 bridgehead atoms. The van der Waals surface area contributed by atoms with Crippen molar-refractivity contribution in [2.45, 2.75) is 25.3 Å². The highest BCUT2D eigenvalue weighted by Crippen LogP contribution is 2.35. The molecule has 0 aromatic carbocycles. The summed E-state index contributed by atoms with van der Waals surface area (Å²) in [5.41, 5.74) is 5.54. The second kappa shape index (κ2) is 7.78. The zero-order valence-corrected chi connectivity index (χ0v) is 11.9. The van der Waals surface area contributed by atoms with Gasteiger partial charge in [-0.25, -0.2) is 0 Å². The minimum Gasteiger partial charge on any atom is -0.481 e. The molecule has 0 fully saturated rings. The van der Waals surface area contributed by atoms with Gasteiger partial charge in [-0.15, -0.1) is 0 Å². The Morgan fingerprint density at radius 3 is 2.00 bits per heavy atom. The van der Waals surface area contributed by atoms with Crippen LogP contribution in [0.3, 0.4) is 0 Å². The van der Waals surface area contributed by atoms with Crippen molar-refractivity contribution in [3.63, 3.8) is 0 Å². The van der Waals surface area contributed by atoms with Crippen LogP contribution >= 0.6 is 0 Å². The van der Waals surface area contributed by atoms with Crippen molar-refractivity contribution in [2.24, 2.45) is 11.7 Å². The summed E-state index contributed by atoms with van der Waals surface area (Å²) in [5, 5.41) is 8.88. The highest BCUT2D eigenvalue weighted by molar-refractivity contribution is 6.62. The predicted octanol–water partition coefficient (Wildman–Crippen LogP) is 0.694. The Bertz CT molecular complexity index is 226. The maximum Gasteiger partial charge on any atom is 0.503 e. The van der Waals surface area contributed by atoms with Gasteiger partial charge in [-0.05, 0) is 18.9 Å². The second-order valence-electron chi connectivity index (χ2n) is 3.82. The number of hydrogen-bond donors (Lipinski definition) is 2. The van der Waals surface area contributed by atoms with Crippen LogP contribution in [0.25, 0.3) is 0 Å². The lowest BCUT2D eigenvalue weighted by Gasteiger charge is -2.35. The SMILES string of the molecule is CCC(C(CN)CC(=O)O)[Si](OC)(OC)OC. The average molecular weight is 265 g/mol. The lowest BCUT2D eigenvalue weighted by molar-refractivity contribution is -0.138. The zero-order valence-electron chi connectivity index (χ0n) is 10.9. The van der Waals surface area contributed by atoms with E-state index in [4.69, 9.17) is 24.1 Å². The summed E-state index contributed by atoms with van der Waals surface area (Å²) in [6.07, 6.45) is 0.705. The molecule has 0 aliphatic carbocycles. The fourth-order valence-electron chi connectivity index (χ4n) is 2.19. The van der Waals surface area contributed by atoms with Crippen molar-refractivity contribution < 1.29 is 23.2 Å². The first kappa shape index (κ1) is 16.5. The number of carbonyl (C=O) groups is 1. The van der Waals surface area contributed by atoms with Gasteiger partial charge in [0.2, 0.25) is 0 Å². The lowest BCUT2D eigenvalue weighted by atomic mass is 9.99. The molecular weight excluding hydrogens is 242 g/mol. The van der Waals surface area contributed by atoms with Crippen molar-refractivity contribution in [3.05, 3.63) is 0 Å². The first-order valence-electron chi connectivity index (χ1n) is 5.58. The van der Waals surface area contributed by atoms with E-state index in [9.17, 15) is 4.79 Å². The standard InChI is InChI=1S/C10H23NO5Si/c1-5-9(8(7-11)6-10(12)13)17(14-2,15-3)16-4/h8-9H,5-7,11H2,1-4H3,(H,12,13). The smallest absolute Gasteiger partial charge is 0.481 e. The van der Waals surface area contributed by atoms with Gasteiger partial charge >= 0.3 is 14.8 Å². The van der Waals surface area contributed by atoms with Gasteiger partial charge in [-0.2, -0.15) is 0 Å². The van der Waals surface area contributed by atoms with Crippen LogP contribution in [-0.2, 0) is 18.1 Å². The number of carboxylic acid groups (broad SMARTS) is 1. The van der Waals surface area contributed by atoms with Crippen LogP contribution in [0, 0.1) is 5.92 Å². The van der Waals surface area contributed by atoms with E-state index in [0.717, 1.165) is 0 Å². The van der Waals surface area contributed by atoms with E-state index in [0.29, 0.717) is 6.42 Å². The van der Waals surface area contributed by atoms with E-state index in [2.05, 4.69) is 0 Å². The zero-order chi connectivity index (χ0) is 13.5. The van der Waals surface area contributed by atoms with Gasteiger partial charge in [-0.3, -0.25) is 4.79 Å². The quantitative estimate of drug-likeness (QED) is 0.596. The number of aliphatic carboxylic acids is 1. The molecule has 0 radical (unpaired) electrons. The van der Waals surface area contributed by atoms with Gasteiger partial charge in [0.05, 0.1) is 0 Å². The van der Waals surface area contributed by atoms with E-state index in [1.54, 1.807) is 0 Å². The topological polar surface area (TPSA) is 91.0 Å². The summed E-state index contributed by atoms with van der Waals surface area (Å²) < 4.78 is 16.2. The first-order valence-corrected chi connectivity index (χ1v) is 7.38. The molecule has 0 heterocycles. The van der Waals surface area contributed by atoms with E-state index in [1.807, 2.05) is 6.92 Å². The highest BCUT2D eigenvalue weighted by atomic mass is 28.4. The number of rotatable bonds is 9. The van der Waals surface area contributed by atoms with Crippen molar-refractivity contribution in [3.8, 4) is 0 Å². The van der Waals surface area contributed by atoms with Gasteiger partial charge in [0.25, 0.3) is 0 Å². The molecule has 0 aromatic rings. The lowest BCUT2D eigenvalue weighted by Crippen LogP contribution is -2.51. The number of hydrogen-bond acceptors (Lipinski definition) is 5. The molecule has 7 heteroatoms. The number of nitrogens with two attached hydrogens (primary N) is 1. The maximum absolute atomic E-state index is 10.8. The van der Waals surface area contributed by atoms with Crippen LogP contribution in [0.5, 0.6) is 0 Å². The molecule has 0 saturated heterocycles. The highest BCUT2D eigenvalue weighted by Gasteiger charge is 2.49. The maximum atomic E-state index is 10.8. The molecule has 0 spiro atoms. The van der Waals surface area contributed by atoms with Crippen molar-refractivity contribution in [1.82, 2.24) is 0 Å². The molecule has 2 atom stereocenters. The normalized spacial score (nSPS) is 15.6. The van der Waals surface area contributed by atoms with Crippen LogP contribution in [0.15, 0.2) is 0 Å². The summed E-state index contributed by atoms with van der Waals surface area (Å²) in [6.45, 7) is 2.23. The van der Waals surface area contributed by atoms with Crippen molar-refractivity contribution >= 4 is 14.8 Å². The fourth-order valence-corrected chi connectivity index (χ4v) is 4.93. The van der Waals surface area contributed by atoms with Crippen molar-refractivity contribution in [1.29, 1.82) is 0 Å². The molecule has 0 rings (SSSR count). The monoisotopic (exact) mass is 265 g/mol. The summed E-state index contributed by atoms with van der Waals surface area (Å²) in [6, 6.07) is 0. The molecular formula is C10H23NO5Si. The van der Waals surface area contributed by atoms with Crippen LogP contribution in [0.2, 0.25) is 5.54 Å². The molecule has 0 aliphatic rings. The molecule has 0 aliphatic heterocycles. The Morgan fingerprint density at radius 2 is 1.76 bits per heavy atom. The van der Waals surface area contributed by atoms with Gasteiger partial charge < -0.3 is 24.1 Å². The molecule has 17 heavy (non-hydrogen) atoms. The first-order chi connectivity index (χ1) is 8.01. The summed E-state index contributed by atoms with van der Waals surface area (Å²) in [5.74, 6) is -1.07. The van der Waals surface area contributed by atoms with Gasteiger partial charge in [-0.1, -0.05) is 6.92 Å². The Kier molecular flexibility index (Phi) is 7.56. The largest absolute Gasteiger partial charge is 0.503 e. The van der Waals surface area contributed by atoms with Crippen LogP contribution in [0.1, 0.15) is 19.8 Å². The Balaban J connectivity index is 5.04. The molecule has 0 amide bonds. The van der Waals surface area contributed by atoms with Crippen LogP contribution < -0.4 is 5.73 Å². The molecule has 0 saturated carbocycles. The van der Waals surface area contributed by atoms with Crippen molar-refractivity contribution in [2.75, 3.05) is 27.9 Å². The summed E-state index contributed by atoms with van der Waals surface area (Å²) >= 11 is 0. The van der Waals surface area contributed by atoms with E-state index in [1.165, 1.54) is 21.3 Å². The Labute approximate surface area is 103 Å². The van der Waals surface area contributed by atoms with E-state index in [-0.39, 0.29) is 24.4 Å². The summed E-state index contributed by atoms with van der Waals surface area (Å²) in [4.78, 5) is 10.8. The minimum absolute atomic E-state index is 0.000162. The average Bonchev–Trinajstić information content (AvgIpc) is 2.33. The van der Waals surface area contributed by atoms with Crippen LogP contribution in [0.4, 0.5) is 0 Å². The molecule has 2 unspecified atom stereocenters. The van der Waals surface area contributed by atoms with Gasteiger partial charge in [0.1, 0.15) is 0 Å². The third kappa shape index (κ3) is 4.04. The van der Waals surface area contributed by atoms with Gasteiger partial charge in [0.15, 0.2) is 0 Å². The van der Waals surface area contributed by atoms with Crippen LogP contribution in [-0.4, -0.2) is 47.8 Å². The fraction of sp³-hybridized carbons (Fsp3) is 0.900. The molecule has 3 N–H and O–H groups in total.